The van der Waals surface area contributed by atoms with Crippen molar-refractivity contribution in [1.82, 2.24) is 0 Å². The van der Waals surface area contributed by atoms with Crippen molar-refractivity contribution in [2.24, 2.45) is 0 Å². The summed E-state index contributed by atoms with van der Waals surface area (Å²) in [7, 11) is 0. The average Bonchev–Trinajstić information content (AvgIpc) is 2.56. The SMILES string of the molecule is CC/C=C/CCOc1c(OC(C)C)c2cccc(OC(C)=O)c2oc1=O. The third kappa shape index (κ3) is 4.88. The number of ether oxygens (including phenoxy) is 3. The summed E-state index contributed by atoms with van der Waals surface area (Å²) >= 11 is 0. The van der Waals surface area contributed by atoms with Gasteiger partial charge in [-0.1, -0.05) is 25.1 Å². The van der Waals surface area contributed by atoms with Crippen molar-refractivity contribution in [2.45, 2.75) is 46.6 Å². The minimum Gasteiger partial charge on any atom is -0.486 e. The third-order valence-corrected chi connectivity index (χ3v) is 3.35. The van der Waals surface area contributed by atoms with Gasteiger partial charge < -0.3 is 18.6 Å². The van der Waals surface area contributed by atoms with E-state index < -0.39 is 11.6 Å². The molecule has 0 saturated carbocycles. The van der Waals surface area contributed by atoms with E-state index in [0.29, 0.717) is 24.2 Å². The Hall–Kier alpha value is -2.76. The van der Waals surface area contributed by atoms with Crippen molar-refractivity contribution in [3.05, 3.63) is 40.8 Å². The Morgan fingerprint density at radius 1 is 1.23 bits per heavy atom. The summed E-state index contributed by atoms with van der Waals surface area (Å²) < 4.78 is 22.0. The van der Waals surface area contributed by atoms with E-state index >= 15 is 0 Å². The Morgan fingerprint density at radius 2 is 2.00 bits per heavy atom. The molecule has 0 aliphatic carbocycles. The lowest BCUT2D eigenvalue weighted by atomic mass is 10.2. The topological polar surface area (TPSA) is 75.0 Å². The van der Waals surface area contributed by atoms with E-state index in [1.807, 2.05) is 32.9 Å². The highest BCUT2D eigenvalue weighted by atomic mass is 16.6. The Kier molecular flexibility index (Phi) is 6.83. The molecular weight excluding hydrogens is 336 g/mol. The molecule has 1 heterocycles. The van der Waals surface area contributed by atoms with E-state index in [2.05, 4.69) is 0 Å². The monoisotopic (exact) mass is 360 g/mol. The lowest BCUT2D eigenvalue weighted by molar-refractivity contribution is -0.131. The molecule has 140 valence electrons. The van der Waals surface area contributed by atoms with Crippen LogP contribution in [0.3, 0.4) is 0 Å². The first-order valence-corrected chi connectivity index (χ1v) is 8.66. The van der Waals surface area contributed by atoms with Gasteiger partial charge in [-0.05, 0) is 38.8 Å². The van der Waals surface area contributed by atoms with Crippen LogP contribution in [-0.2, 0) is 4.79 Å². The first-order valence-electron chi connectivity index (χ1n) is 8.66. The number of hydrogen-bond donors (Lipinski definition) is 0. The number of para-hydroxylation sites is 1. The molecule has 0 atom stereocenters. The summed E-state index contributed by atoms with van der Waals surface area (Å²) in [5.41, 5.74) is -0.520. The van der Waals surface area contributed by atoms with Crippen molar-refractivity contribution in [2.75, 3.05) is 6.61 Å². The van der Waals surface area contributed by atoms with Crippen LogP contribution in [-0.4, -0.2) is 18.7 Å². The molecule has 6 nitrogen and oxygen atoms in total. The van der Waals surface area contributed by atoms with E-state index in [9.17, 15) is 9.59 Å². The molecule has 0 saturated heterocycles. The summed E-state index contributed by atoms with van der Waals surface area (Å²) in [4.78, 5) is 23.8. The highest BCUT2D eigenvalue weighted by molar-refractivity contribution is 5.91. The van der Waals surface area contributed by atoms with Gasteiger partial charge in [0.05, 0.1) is 18.1 Å². The summed E-state index contributed by atoms with van der Waals surface area (Å²) in [6, 6.07) is 4.98. The fraction of sp³-hybridized carbons (Fsp3) is 0.400. The zero-order valence-corrected chi connectivity index (χ0v) is 15.5. The van der Waals surface area contributed by atoms with Gasteiger partial charge in [0.2, 0.25) is 5.75 Å². The second-order valence-electron chi connectivity index (χ2n) is 5.96. The van der Waals surface area contributed by atoms with E-state index in [0.717, 1.165) is 6.42 Å². The minimum absolute atomic E-state index is 0.0241. The van der Waals surface area contributed by atoms with Crippen LogP contribution in [0.4, 0.5) is 0 Å². The van der Waals surface area contributed by atoms with Crippen molar-refractivity contribution < 1.29 is 23.4 Å². The largest absolute Gasteiger partial charge is 0.486 e. The Balaban J connectivity index is 2.50. The Morgan fingerprint density at radius 3 is 2.65 bits per heavy atom. The molecule has 0 radical (unpaired) electrons. The standard InChI is InChI=1S/C20H24O6/c1-5-6-7-8-12-23-19-18(24-13(2)3)15-10-9-11-16(25-14(4)21)17(15)26-20(19)22/h6-7,9-11,13H,5,8,12H2,1-4H3/b7-6+. The minimum atomic E-state index is -0.674. The number of allylic oxidation sites excluding steroid dienone is 1. The Bertz CT molecular complexity index is 847. The molecule has 6 heteroatoms. The van der Waals surface area contributed by atoms with Crippen LogP contribution >= 0.6 is 0 Å². The van der Waals surface area contributed by atoms with Crippen LogP contribution in [0.5, 0.6) is 17.2 Å². The number of carbonyl (C=O) groups is 1. The molecule has 0 unspecified atom stereocenters. The molecule has 0 spiro atoms. The van der Waals surface area contributed by atoms with Crippen LogP contribution in [0.1, 0.15) is 40.5 Å². The van der Waals surface area contributed by atoms with Crippen LogP contribution < -0.4 is 19.8 Å². The lowest BCUT2D eigenvalue weighted by Gasteiger charge is -2.16. The van der Waals surface area contributed by atoms with E-state index in [4.69, 9.17) is 18.6 Å². The fourth-order valence-electron chi connectivity index (χ4n) is 2.38. The maximum atomic E-state index is 12.5. The Labute approximate surface area is 152 Å². The van der Waals surface area contributed by atoms with Crippen molar-refractivity contribution in [3.8, 4) is 17.2 Å². The molecule has 0 bridgehead atoms. The first kappa shape index (κ1) is 19.6. The molecule has 0 fully saturated rings. The summed E-state index contributed by atoms with van der Waals surface area (Å²) in [5, 5.41) is 0.510. The van der Waals surface area contributed by atoms with Gasteiger partial charge in [0.25, 0.3) is 0 Å². The van der Waals surface area contributed by atoms with Crippen molar-refractivity contribution >= 4 is 16.9 Å². The number of benzene rings is 1. The molecule has 0 amide bonds. The summed E-state index contributed by atoms with van der Waals surface area (Å²) in [5.74, 6) is -0.0246. The molecule has 1 aromatic heterocycles. The number of hydrogen-bond acceptors (Lipinski definition) is 6. The molecule has 26 heavy (non-hydrogen) atoms. The average molecular weight is 360 g/mol. The number of esters is 1. The lowest BCUT2D eigenvalue weighted by Crippen LogP contribution is -2.14. The van der Waals surface area contributed by atoms with Crippen molar-refractivity contribution in [3.63, 3.8) is 0 Å². The maximum Gasteiger partial charge on any atom is 0.383 e. The van der Waals surface area contributed by atoms with E-state index in [1.165, 1.54) is 6.92 Å². The number of carbonyl (C=O) groups excluding carboxylic acids is 1. The second-order valence-corrected chi connectivity index (χ2v) is 5.96. The van der Waals surface area contributed by atoms with Crippen LogP contribution in [0, 0.1) is 0 Å². The zero-order valence-electron chi connectivity index (χ0n) is 15.5. The van der Waals surface area contributed by atoms with Crippen LogP contribution in [0.2, 0.25) is 0 Å². The molecule has 0 N–H and O–H groups in total. The molecule has 1 aromatic carbocycles. The predicted molar refractivity (Wildman–Crippen MR) is 99.1 cm³/mol. The number of fused-ring (bicyclic) bond motifs is 1. The highest BCUT2D eigenvalue weighted by Gasteiger charge is 2.21. The molecule has 0 aliphatic heterocycles. The second kappa shape index (κ2) is 9.08. The van der Waals surface area contributed by atoms with Gasteiger partial charge in [-0.2, -0.15) is 0 Å². The van der Waals surface area contributed by atoms with Gasteiger partial charge in [-0.15, -0.1) is 0 Å². The van der Waals surface area contributed by atoms with Gasteiger partial charge >= 0.3 is 11.6 Å². The van der Waals surface area contributed by atoms with Crippen LogP contribution in [0.25, 0.3) is 11.0 Å². The highest BCUT2D eigenvalue weighted by Crippen LogP contribution is 2.37. The zero-order chi connectivity index (χ0) is 19.1. The fourth-order valence-corrected chi connectivity index (χ4v) is 2.38. The van der Waals surface area contributed by atoms with Gasteiger partial charge in [0, 0.05) is 6.92 Å². The summed E-state index contributed by atoms with van der Waals surface area (Å²) in [6.07, 6.45) is 5.45. The van der Waals surface area contributed by atoms with Gasteiger partial charge in [-0.3, -0.25) is 4.79 Å². The maximum absolute atomic E-state index is 12.5. The van der Waals surface area contributed by atoms with Gasteiger partial charge in [0.15, 0.2) is 17.1 Å². The normalized spacial score (nSPS) is 11.3. The predicted octanol–water partition coefficient (Wildman–Crippen LogP) is 4.24. The van der Waals surface area contributed by atoms with Gasteiger partial charge in [-0.25, -0.2) is 4.79 Å². The molecule has 0 aliphatic rings. The number of rotatable bonds is 8. The third-order valence-electron chi connectivity index (χ3n) is 3.35. The summed E-state index contributed by atoms with van der Waals surface area (Å²) in [6.45, 7) is 7.35. The van der Waals surface area contributed by atoms with E-state index in [1.54, 1.807) is 18.2 Å². The van der Waals surface area contributed by atoms with Gasteiger partial charge in [0.1, 0.15) is 0 Å². The molecule has 2 rings (SSSR count). The smallest absolute Gasteiger partial charge is 0.383 e. The van der Waals surface area contributed by atoms with Crippen LogP contribution in [0.15, 0.2) is 39.6 Å². The molecule has 2 aromatic rings. The molecular formula is C20H24O6. The first-order chi connectivity index (χ1) is 12.4. The quantitative estimate of drug-likeness (QED) is 0.230. The van der Waals surface area contributed by atoms with Crippen molar-refractivity contribution in [1.29, 1.82) is 0 Å². The van der Waals surface area contributed by atoms with E-state index in [-0.39, 0.29) is 23.2 Å².